The molecule has 2 aromatic heterocycles. The van der Waals surface area contributed by atoms with Crippen LogP contribution in [0.5, 0.6) is 0 Å². The molecule has 0 bridgehead atoms. The summed E-state index contributed by atoms with van der Waals surface area (Å²) in [7, 11) is 0. The Labute approximate surface area is 174 Å². The van der Waals surface area contributed by atoms with Crippen LogP contribution in [-0.4, -0.2) is 53.3 Å². The molecule has 1 aliphatic heterocycles. The van der Waals surface area contributed by atoms with Crippen LogP contribution in [0.4, 0.5) is 11.4 Å². The molecule has 1 saturated heterocycles. The largest absolute Gasteiger partial charge is 0.454 e. The maximum Gasteiger partial charge on any atom is 0.291 e. The first-order valence-electron chi connectivity index (χ1n) is 9.76. The third-order valence-corrected chi connectivity index (χ3v) is 5.36. The van der Waals surface area contributed by atoms with Crippen LogP contribution < -0.4 is 10.2 Å². The molecule has 1 N–H and O–H groups in total. The molecule has 7 nitrogen and oxygen atoms in total. The van der Waals surface area contributed by atoms with E-state index in [1.807, 2.05) is 24.4 Å². The number of carbonyl (C=O) groups is 1. The Bertz CT molecular complexity index is 961. The highest BCUT2D eigenvalue weighted by Crippen LogP contribution is 2.30. The number of hydrogen-bond acceptors (Lipinski definition) is 5. The maximum atomic E-state index is 12.8. The van der Waals surface area contributed by atoms with Crippen LogP contribution in [0.25, 0.3) is 0 Å². The number of aromatic nitrogens is 2. The van der Waals surface area contributed by atoms with Gasteiger partial charge in [-0.05, 0) is 42.9 Å². The lowest BCUT2D eigenvalue weighted by atomic mass is 10.2. The van der Waals surface area contributed by atoms with Gasteiger partial charge in [0.25, 0.3) is 5.91 Å². The monoisotopic (exact) mass is 413 g/mol. The maximum absolute atomic E-state index is 12.8. The fourth-order valence-electron chi connectivity index (χ4n) is 3.51. The van der Waals surface area contributed by atoms with Gasteiger partial charge in [-0.1, -0.05) is 18.5 Å². The quantitative estimate of drug-likeness (QED) is 0.669. The Morgan fingerprint density at radius 3 is 2.76 bits per heavy atom. The van der Waals surface area contributed by atoms with Crippen molar-refractivity contribution in [2.45, 2.75) is 13.5 Å². The first-order chi connectivity index (χ1) is 14.1. The molecule has 152 valence electrons. The first kappa shape index (κ1) is 19.5. The van der Waals surface area contributed by atoms with E-state index < -0.39 is 0 Å². The molecule has 0 saturated carbocycles. The Morgan fingerprint density at radius 1 is 1.21 bits per heavy atom. The van der Waals surface area contributed by atoms with Crippen molar-refractivity contribution in [3.05, 3.63) is 65.3 Å². The topological polar surface area (TPSA) is 66.5 Å². The molecule has 1 aromatic carbocycles. The zero-order valence-electron chi connectivity index (χ0n) is 16.3. The molecule has 0 radical (unpaired) electrons. The van der Waals surface area contributed by atoms with Crippen LogP contribution in [0.3, 0.4) is 0 Å². The second kappa shape index (κ2) is 8.71. The molecule has 1 aliphatic rings. The molecular weight excluding hydrogens is 390 g/mol. The highest BCUT2D eigenvalue weighted by molar-refractivity contribution is 6.31. The van der Waals surface area contributed by atoms with Crippen LogP contribution in [0.2, 0.25) is 5.02 Å². The minimum atomic E-state index is -0.299. The van der Waals surface area contributed by atoms with Gasteiger partial charge >= 0.3 is 0 Å². The van der Waals surface area contributed by atoms with Gasteiger partial charge in [-0.25, -0.2) is 0 Å². The van der Waals surface area contributed by atoms with E-state index in [2.05, 4.69) is 27.1 Å². The number of piperazine rings is 1. The summed E-state index contributed by atoms with van der Waals surface area (Å²) < 4.78 is 7.45. The van der Waals surface area contributed by atoms with Gasteiger partial charge in [0.1, 0.15) is 5.76 Å². The first-order valence-corrected chi connectivity index (χ1v) is 10.1. The highest BCUT2D eigenvalue weighted by atomic mass is 35.5. The fourth-order valence-corrected chi connectivity index (χ4v) is 3.68. The SMILES string of the molecule is CCN1CCN(c2ccc(Cl)cc2NC(=O)c2ccc(Cn3cccn3)o2)CC1. The van der Waals surface area contributed by atoms with Gasteiger partial charge in [0, 0.05) is 43.6 Å². The summed E-state index contributed by atoms with van der Waals surface area (Å²) in [5.41, 5.74) is 1.67. The second-order valence-electron chi connectivity index (χ2n) is 7.01. The normalized spacial score (nSPS) is 14.9. The number of likely N-dealkylation sites (N-methyl/N-ethyl adjacent to an activating group) is 1. The lowest BCUT2D eigenvalue weighted by Gasteiger charge is -2.36. The Hall–Kier alpha value is -2.77. The molecule has 8 heteroatoms. The average Bonchev–Trinajstić information content (AvgIpc) is 3.41. The fraction of sp³-hybridized carbons (Fsp3) is 0.333. The van der Waals surface area contributed by atoms with Crippen LogP contribution >= 0.6 is 11.6 Å². The van der Waals surface area contributed by atoms with E-state index in [0.717, 1.165) is 38.4 Å². The molecular formula is C21H24ClN5O2. The van der Waals surface area contributed by atoms with Crippen molar-refractivity contribution in [1.29, 1.82) is 0 Å². The summed E-state index contributed by atoms with van der Waals surface area (Å²) >= 11 is 6.20. The molecule has 0 aliphatic carbocycles. The van der Waals surface area contributed by atoms with E-state index in [4.69, 9.17) is 16.0 Å². The lowest BCUT2D eigenvalue weighted by Crippen LogP contribution is -2.46. The Balaban J connectivity index is 1.48. The average molecular weight is 414 g/mol. The lowest BCUT2D eigenvalue weighted by molar-refractivity contribution is 0.0994. The summed E-state index contributed by atoms with van der Waals surface area (Å²) in [6.07, 6.45) is 3.55. The van der Waals surface area contributed by atoms with Crippen molar-refractivity contribution in [2.75, 3.05) is 42.9 Å². The molecule has 0 unspecified atom stereocenters. The van der Waals surface area contributed by atoms with E-state index in [-0.39, 0.29) is 11.7 Å². The van der Waals surface area contributed by atoms with Crippen molar-refractivity contribution < 1.29 is 9.21 Å². The second-order valence-corrected chi connectivity index (χ2v) is 7.44. The number of rotatable bonds is 6. The van der Waals surface area contributed by atoms with Crippen molar-refractivity contribution >= 4 is 28.9 Å². The third-order valence-electron chi connectivity index (χ3n) is 5.13. The Morgan fingerprint density at radius 2 is 2.03 bits per heavy atom. The van der Waals surface area contributed by atoms with Crippen molar-refractivity contribution in [2.24, 2.45) is 0 Å². The number of carbonyl (C=O) groups excluding carboxylic acids is 1. The van der Waals surface area contributed by atoms with Gasteiger partial charge in [0.15, 0.2) is 5.76 Å². The van der Waals surface area contributed by atoms with Gasteiger partial charge in [-0.15, -0.1) is 0 Å². The zero-order chi connectivity index (χ0) is 20.2. The summed E-state index contributed by atoms with van der Waals surface area (Å²) in [4.78, 5) is 17.5. The summed E-state index contributed by atoms with van der Waals surface area (Å²) in [5, 5.41) is 7.70. The predicted molar refractivity (Wildman–Crippen MR) is 114 cm³/mol. The summed E-state index contributed by atoms with van der Waals surface area (Å²) in [6.45, 7) is 7.53. The smallest absolute Gasteiger partial charge is 0.291 e. The van der Waals surface area contributed by atoms with Crippen molar-refractivity contribution in [3.63, 3.8) is 0 Å². The number of nitrogens with one attached hydrogen (secondary N) is 1. The zero-order valence-corrected chi connectivity index (χ0v) is 17.1. The molecule has 4 rings (SSSR count). The van der Waals surface area contributed by atoms with Crippen LogP contribution in [0.1, 0.15) is 23.2 Å². The van der Waals surface area contributed by atoms with Crippen molar-refractivity contribution in [3.8, 4) is 0 Å². The number of nitrogens with zero attached hydrogens (tertiary/aromatic N) is 4. The number of hydrogen-bond donors (Lipinski definition) is 1. The van der Waals surface area contributed by atoms with Crippen LogP contribution in [0, 0.1) is 0 Å². The van der Waals surface area contributed by atoms with Crippen LogP contribution in [-0.2, 0) is 6.54 Å². The highest BCUT2D eigenvalue weighted by Gasteiger charge is 2.20. The molecule has 1 amide bonds. The number of amides is 1. The van der Waals surface area contributed by atoms with Crippen LogP contribution in [0.15, 0.2) is 53.2 Å². The number of halogens is 1. The van der Waals surface area contributed by atoms with Crippen molar-refractivity contribution in [1.82, 2.24) is 14.7 Å². The predicted octanol–water partition coefficient (Wildman–Crippen LogP) is 3.57. The third kappa shape index (κ3) is 4.63. The summed E-state index contributed by atoms with van der Waals surface area (Å²) in [6, 6.07) is 10.9. The van der Waals surface area contributed by atoms with Gasteiger partial charge < -0.3 is 19.5 Å². The van der Waals surface area contributed by atoms with Gasteiger partial charge in [0.05, 0.1) is 17.9 Å². The number of anilines is 2. The molecule has 29 heavy (non-hydrogen) atoms. The van der Waals surface area contributed by atoms with E-state index in [1.165, 1.54) is 0 Å². The van der Waals surface area contributed by atoms with E-state index in [1.54, 1.807) is 29.1 Å². The molecule has 0 spiro atoms. The molecule has 3 heterocycles. The van der Waals surface area contributed by atoms with E-state index in [9.17, 15) is 4.79 Å². The summed E-state index contributed by atoms with van der Waals surface area (Å²) in [5.74, 6) is 0.627. The van der Waals surface area contributed by atoms with Gasteiger partial charge in [-0.3, -0.25) is 9.48 Å². The van der Waals surface area contributed by atoms with Gasteiger partial charge in [0.2, 0.25) is 0 Å². The standard InChI is InChI=1S/C21H24ClN5O2/c1-2-25-10-12-26(13-11-25)19-6-4-16(22)14-18(19)24-21(28)20-7-5-17(29-20)15-27-9-3-8-23-27/h3-9,14H,2,10-13,15H2,1H3,(H,24,28). The number of furan rings is 1. The Kier molecular flexibility index (Phi) is 5.87. The minimum absolute atomic E-state index is 0.258. The van der Waals surface area contributed by atoms with E-state index >= 15 is 0 Å². The van der Waals surface area contributed by atoms with Gasteiger partial charge in [-0.2, -0.15) is 5.10 Å². The molecule has 1 fully saturated rings. The molecule has 0 atom stereocenters. The molecule has 3 aromatic rings. The number of benzene rings is 1. The minimum Gasteiger partial charge on any atom is -0.454 e. The van der Waals surface area contributed by atoms with E-state index in [0.29, 0.717) is 23.0 Å².